The molecule has 4 rings (SSSR count). The lowest BCUT2D eigenvalue weighted by Crippen LogP contribution is -2.42. The van der Waals surface area contributed by atoms with E-state index in [1.165, 1.54) is 13.8 Å². The fraction of sp³-hybridized carbons (Fsp3) is 0.542. The van der Waals surface area contributed by atoms with Gasteiger partial charge in [-0.2, -0.15) is 18.2 Å². The summed E-state index contributed by atoms with van der Waals surface area (Å²) in [5, 5.41) is 19.0. The first-order valence-electron chi connectivity index (χ1n) is 11.8. The van der Waals surface area contributed by atoms with Crippen molar-refractivity contribution < 1.29 is 23.1 Å². The number of nitrogens with zero attached hydrogens (tertiary/aromatic N) is 3. The summed E-state index contributed by atoms with van der Waals surface area (Å²) >= 11 is 0. The summed E-state index contributed by atoms with van der Waals surface area (Å²) in [7, 11) is 0. The maximum atomic E-state index is 13.5. The van der Waals surface area contributed by atoms with E-state index in [-0.39, 0.29) is 30.1 Å². The van der Waals surface area contributed by atoms with Gasteiger partial charge in [0.1, 0.15) is 17.0 Å². The van der Waals surface area contributed by atoms with Gasteiger partial charge in [0.2, 0.25) is 5.95 Å². The zero-order valence-electron chi connectivity index (χ0n) is 19.9. The fourth-order valence-electron chi connectivity index (χ4n) is 4.28. The number of hydrogen-bond donors (Lipinski definition) is 4. The average molecular weight is 493 g/mol. The Morgan fingerprint density at radius 1 is 1.29 bits per heavy atom. The molecule has 0 aliphatic carbocycles. The number of carbonyl (C=O) groups is 1. The van der Waals surface area contributed by atoms with Crippen LogP contribution in [0.5, 0.6) is 0 Å². The Morgan fingerprint density at radius 2 is 2.09 bits per heavy atom. The monoisotopic (exact) mass is 492 g/mol. The number of fused-ring (bicyclic) bond motifs is 1. The summed E-state index contributed by atoms with van der Waals surface area (Å²) in [5.74, 6) is -0.377. The molecular weight excluding hydrogens is 461 g/mol. The number of piperidine rings is 1. The number of hydrogen-bond acceptors (Lipinski definition) is 8. The van der Waals surface area contributed by atoms with Crippen molar-refractivity contribution in [2.75, 3.05) is 36.8 Å². The van der Waals surface area contributed by atoms with Crippen LogP contribution in [-0.2, 0) is 23.9 Å². The normalized spacial score (nSPS) is 19.2. The maximum absolute atomic E-state index is 13.5. The van der Waals surface area contributed by atoms with Gasteiger partial charge in [0.05, 0.1) is 6.54 Å². The smallest absolute Gasteiger partial charge is 0.383 e. The molecule has 1 aromatic heterocycles. The lowest BCUT2D eigenvalue weighted by atomic mass is 9.97. The van der Waals surface area contributed by atoms with Gasteiger partial charge < -0.3 is 21.1 Å². The Hall–Kier alpha value is -2.76. The molecule has 0 spiro atoms. The van der Waals surface area contributed by atoms with Crippen LogP contribution in [0, 0.1) is 0 Å². The number of aromatic nitrogens is 2. The summed E-state index contributed by atoms with van der Waals surface area (Å²) in [5.41, 5.74) is 0.567. The van der Waals surface area contributed by atoms with E-state index in [1.54, 1.807) is 0 Å². The minimum absolute atomic E-state index is 0.0810. The van der Waals surface area contributed by atoms with Crippen molar-refractivity contribution in [2.45, 2.75) is 57.5 Å². The number of carbonyl (C=O) groups excluding carboxylic acids is 1. The first-order valence-corrected chi connectivity index (χ1v) is 11.8. The molecule has 190 valence electrons. The molecule has 4 N–H and O–H groups in total. The number of halogens is 3. The Morgan fingerprint density at radius 3 is 2.77 bits per heavy atom. The van der Waals surface area contributed by atoms with Crippen molar-refractivity contribution in [3.63, 3.8) is 0 Å². The lowest BCUT2D eigenvalue weighted by molar-refractivity contribution is -0.137. The minimum atomic E-state index is -4.56. The van der Waals surface area contributed by atoms with Crippen molar-refractivity contribution in [1.82, 2.24) is 20.2 Å². The van der Waals surface area contributed by atoms with Gasteiger partial charge in [0.15, 0.2) is 5.78 Å². The molecule has 2 aliphatic rings. The summed E-state index contributed by atoms with van der Waals surface area (Å²) in [4.78, 5) is 22.2. The first kappa shape index (κ1) is 25.3. The number of aliphatic hydroxyl groups is 1. The molecule has 0 radical (unpaired) electrons. The van der Waals surface area contributed by atoms with Crippen LogP contribution >= 0.6 is 0 Å². The minimum Gasteiger partial charge on any atom is -0.383 e. The van der Waals surface area contributed by atoms with Gasteiger partial charge in [0.25, 0.3) is 0 Å². The molecule has 0 amide bonds. The fourth-order valence-corrected chi connectivity index (χ4v) is 4.28. The third kappa shape index (κ3) is 6.47. The van der Waals surface area contributed by atoms with E-state index in [0.29, 0.717) is 31.7 Å². The highest BCUT2D eigenvalue weighted by molar-refractivity contribution is 5.88. The van der Waals surface area contributed by atoms with Gasteiger partial charge in [-0.15, -0.1) is 0 Å². The van der Waals surface area contributed by atoms with Gasteiger partial charge in [-0.1, -0.05) is 6.07 Å². The highest BCUT2D eigenvalue weighted by Gasteiger charge is 2.36. The number of benzene rings is 1. The molecule has 11 heteroatoms. The molecule has 2 aromatic rings. The third-order valence-corrected chi connectivity index (χ3v) is 6.34. The SMILES string of the molecule is CC(C)(O)C(=O)CN1CCc2cc(Nc3ncc(C(F)(F)F)c(N[C@@H]4CCCNC4)n3)ccc2C1. The summed E-state index contributed by atoms with van der Waals surface area (Å²) < 4.78 is 40.6. The van der Waals surface area contributed by atoms with Crippen LogP contribution in [0.3, 0.4) is 0 Å². The number of rotatable bonds is 7. The molecule has 1 aromatic carbocycles. The van der Waals surface area contributed by atoms with E-state index in [2.05, 4.69) is 25.9 Å². The molecule has 1 atom stereocenters. The lowest BCUT2D eigenvalue weighted by Gasteiger charge is -2.30. The van der Waals surface area contributed by atoms with Crippen molar-refractivity contribution >= 4 is 23.2 Å². The molecule has 0 bridgehead atoms. The molecule has 8 nitrogen and oxygen atoms in total. The van der Waals surface area contributed by atoms with Gasteiger partial charge in [-0.25, -0.2) is 4.98 Å². The van der Waals surface area contributed by atoms with E-state index in [4.69, 9.17) is 0 Å². The van der Waals surface area contributed by atoms with E-state index in [0.717, 1.165) is 36.7 Å². The van der Waals surface area contributed by atoms with E-state index < -0.39 is 17.3 Å². The quantitative estimate of drug-likeness (QED) is 0.468. The Balaban J connectivity index is 1.47. The number of nitrogens with one attached hydrogen (secondary N) is 3. The van der Waals surface area contributed by atoms with Crippen molar-refractivity contribution in [1.29, 1.82) is 0 Å². The van der Waals surface area contributed by atoms with Gasteiger partial charge in [0, 0.05) is 37.6 Å². The standard InChI is InChI=1S/C24H31F3N6O2/c1-23(2,35)20(34)14-33-9-7-15-10-17(6-5-16(15)13-33)31-22-29-12-19(24(25,26)27)21(32-22)30-18-4-3-8-28-11-18/h5-6,10,12,18,28,35H,3-4,7-9,11,13-14H2,1-2H3,(H2,29,30,31,32)/t18-/m1/s1. The van der Waals surface area contributed by atoms with Crippen LogP contribution in [0.2, 0.25) is 0 Å². The van der Waals surface area contributed by atoms with Crippen LogP contribution in [0.25, 0.3) is 0 Å². The number of alkyl halides is 3. The number of anilines is 3. The Bertz CT molecular complexity index is 1060. The van der Waals surface area contributed by atoms with Crippen molar-refractivity contribution in [3.05, 3.63) is 41.1 Å². The Labute approximate surface area is 202 Å². The summed E-state index contributed by atoms with van der Waals surface area (Å²) in [6, 6.07) is 5.54. The van der Waals surface area contributed by atoms with E-state index >= 15 is 0 Å². The molecular formula is C24H31F3N6O2. The van der Waals surface area contributed by atoms with Crippen LogP contribution < -0.4 is 16.0 Å². The van der Waals surface area contributed by atoms with Gasteiger partial charge >= 0.3 is 6.18 Å². The topological polar surface area (TPSA) is 102 Å². The second-order valence-corrected chi connectivity index (χ2v) is 9.69. The average Bonchev–Trinajstić information content (AvgIpc) is 2.78. The van der Waals surface area contributed by atoms with Crippen molar-refractivity contribution in [3.8, 4) is 0 Å². The molecule has 1 fully saturated rings. The zero-order valence-corrected chi connectivity index (χ0v) is 19.9. The van der Waals surface area contributed by atoms with Gasteiger partial charge in [-0.3, -0.25) is 9.69 Å². The first-order chi connectivity index (χ1) is 16.5. The van der Waals surface area contributed by atoms with Crippen LogP contribution in [-0.4, -0.2) is 63.6 Å². The second kappa shape index (κ2) is 10.1. The van der Waals surface area contributed by atoms with Gasteiger partial charge in [-0.05, 0) is 62.9 Å². The Kier molecular flexibility index (Phi) is 7.30. The molecule has 0 saturated carbocycles. The second-order valence-electron chi connectivity index (χ2n) is 9.69. The highest BCUT2D eigenvalue weighted by atomic mass is 19.4. The zero-order chi connectivity index (χ0) is 25.2. The summed E-state index contributed by atoms with van der Waals surface area (Å²) in [6.45, 7) is 5.83. The molecule has 1 saturated heterocycles. The number of ketones is 1. The van der Waals surface area contributed by atoms with E-state index in [1.807, 2.05) is 23.1 Å². The predicted molar refractivity (Wildman–Crippen MR) is 127 cm³/mol. The predicted octanol–water partition coefficient (Wildman–Crippen LogP) is 3.10. The van der Waals surface area contributed by atoms with Crippen LogP contribution in [0.1, 0.15) is 43.4 Å². The highest BCUT2D eigenvalue weighted by Crippen LogP contribution is 2.35. The van der Waals surface area contributed by atoms with Crippen LogP contribution in [0.4, 0.5) is 30.6 Å². The molecule has 35 heavy (non-hydrogen) atoms. The molecule has 3 heterocycles. The van der Waals surface area contributed by atoms with Crippen molar-refractivity contribution in [2.24, 2.45) is 0 Å². The molecule has 2 aliphatic heterocycles. The number of Topliss-reactive ketones (excluding diaryl/α,β-unsaturated/α-hetero) is 1. The maximum Gasteiger partial charge on any atom is 0.421 e. The van der Waals surface area contributed by atoms with Crippen LogP contribution in [0.15, 0.2) is 24.4 Å². The summed E-state index contributed by atoms with van der Waals surface area (Å²) in [6.07, 6.45) is -1.40. The molecule has 0 unspecified atom stereocenters. The third-order valence-electron chi connectivity index (χ3n) is 6.34. The largest absolute Gasteiger partial charge is 0.421 e. The van der Waals surface area contributed by atoms with E-state index in [9.17, 15) is 23.1 Å².